The van der Waals surface area contributed by atoms with E-state index in [1.165, 1.54) is 0 Å². The number of hydrogen-bond acceptors (Lipinski definition) is 3. The summed E-state index contributed by atoms with van der Waals surface area (Å²) in [6.45, 7) is 2.15. The monoisotopic (exact) mass is 294 g/mol. The van der Waals surface area contributed by atoms with Gasteiger partial charge in [-0.2, -0.15) is 16.4 Å². The van der Waals surface area contributed by atoms with E-state index in [-0.39, 0.29) is 0 Å². The Balaban J connectivity index is 2.30. The van der Waals surface area contributed by atoms with Gasteiger partial charge in [0.25, 0.3) is 0 Å². The first kappa shape index (κ1) is 12.7. The average Bonchev–Trinajstić information content (AvgIpc) is 3.08. The standard InChI is InChI=1S/C13H15ClN4S/c1-3-4-10-12-13(17(2)16-10)18(11(7-14)15-12)9-5-6-19-8-9/h5-6,8H,3-4,7H2,1-2H3. The molecule has 3 aromatic rings. The third-order valence-electron chi connectivity index (χ3n) is 3.14. The highest BCUT2D eigenvalue weighted by molar-refractivity contribution is 7.08. The lowest BCUT2D eigenvalue weighted by molar-refractivity contribution is 0.732. The Morgan fingerprint density at radius 2 is 2.26 bits per heavy atom. The maximum absolute atomic E-state index is 6.05. The number of nitrogens with zero attached hydrogens (tertiary/aromatic N) is 4. The van der Waals surface area contributed by atoms with Crippen LogP contribution in [0.2, 0.25) is 0 Å². The maximum Gasteiger partial charge on any atom is 0.163 e. The second kappa shape index (κ2) is 4.98. The van der Waals surface area contributed by atoms with Crippen molar-refractivity contribution < 1.29 is 0 Å². The molecule has 3 heterocycles. The van der Waals surface area contributed by atoms with Gasteiger partial charge in [0.2, 0.25) is 0 Å². The van der Waals surface area contributed by atoms with E-state index in [1.807, 2.05) is 11.7 Å². The maximum atomic E-state index is 6.05. The van der Waals surface area contributed by atoms with Crippen LogP contribution in [-0.4, -0.2) is 19.3 Å². The lowest BCUT2D eigenvalue weighted by atomic mass is 10.2. The molecule has 0 unspecified atom stereocenters. The first-order valence-electron chi connectivity index (χ1n) is 6.28. The lowest BCUT2D eigenvalue weighted by Crippen LogP contribution is -2.03. The predicted octanol–water partition coefficient (Wildman–Crippen LogP) is 3.51. The summed E-state index contributed by atoms with van der Waals surface area (Å²) >= 11 is 7.72. The van der Waals surface area contributed by atoms with Crippen LogP contribution in [0.1, 0.15) is 24.9 Å². The largest absolute Gasteiger partial charge is 0.279 e. The van der Waals surface area contributed by atoms with Crippen LogP contribution in [0.15, 0.2) is 16.8 Å². The van der Waals surface area contributed by atoms with E-state index < -0.39 is 0 Å². The molecule has 3 aromatic heterocycles. The number of alkyl halides is 1. The summed E-state index contributed by atoms with van der Waals surface area (Å²) in [5, 5.41) is 8.74. The molecule has 100 valence electrons. The summed E-state index contributed by atoms with van der Waals surface area (Å²) in [4.78, 5) is 4.68. The Morgan fingerprint density at radius 3 is 2.89 bits per heavy atom. The van der Waals surface area contributed by atoms with Gasteiger partial charge >= 0.3 is 0 Å². The van der Waals surface area contributed by atoms with Crippen molar-refractivity contribution in [2.24, 2.45) is 7.05 Å². The minimum absolute atomic E-state index is 0.399. The van der Waals surface area contributed by atoms with E-state index in [4.69, 9.17) is 11.6 Å². The molecule has 0 radical (unpaired) electrons. The Bertz CT molecular complexity index is 696. The number of rotatable bonds is 4. The quantitative estimate of drug-likeness (QED) is 0.690. The molecule has 3 rings (SSSR count). The van der Waals surface area contributed by atoms with Crippen molar-refractivity contribution in [2.45, 2.75) is 25.6 Å². The Morgan fingerprint density at radius 1 is 1.42 bits per heavy atom. The highest BCUT2D eigenvalue weighted by Gasteiger charge is 2.19. The van der Waals surface area contributed by atoms with Gasteiger partial charge in [0.15, 0.2) is 5.65 Å². The third-order valence-corrected chi connectivity index (χ3v) is 4.05. The zero-order chi connectivity index (χ0) is 13.4. The molecule has 0 amide bonds. The SMILES string of the molecule is CCCc1nn(C)c2c1nc(CCl)n2-c1ccsc1. The molecule has 0 aliphatic heterocycles. The number of halogens is 1. The van der Waals surface area contributed by atoms with Crippen LogP contribution in [0.5, 0.6) is 0 Å². The van der Waals surface area contributed by atoms with E-state index in [1.54, 1.807) is 11.3 Å². The van der Waals surface area contributed by atoms with Gasteiger partial charge < -0.3 is 0 Å². The molecule has 0 spiro atoms. The van der Waals surface area contributed by atoms with Gasteiger partial charge in [-0.3, -0.25) is 4.57 Å². The lowest BCUT2D eigenvalue weighted by Gasteiger charge is -2.05. The molecule has 0 saturated carbocycles. The molecule has 6 heteroatoms. The summed E-state index contributed by atoms with van der Waals surface area (Å²) in [6.07, 6.45) is 2.01. The normalized spacial score (nSPS) is 11.5. The Kier molecular flexibility index (Phi) is 3.33. The molecule has 0 fully saturated rings. The van der Waals surface area contributed by atoms with Crippen molar-refractivity contribution in [3.05, 3.63) is 28.3 Å². The van der Waals surface area contributed by atoms with Crippen LogP contribution in [0.4, 0.5) is 0 Å². The summed E-state index contributed by atoms with van der Waals surface area (Å²) in [6, 6.07) is 2.08. The molecular weight excluding hydrogens is 280 g/mol. The molecule has 19 heavy (non-hydrogen) atoms. The number of hydrogen-bond donors (Lipinski definition) is 0. The first-order valence-corrected chi connectivity index (χ1v) is 7.75. The molecule has 0 aliphatic rings. The van der Waals surface area contributed by atoms with Crippen LogP contribution >= 0.6 is 22.9 Å². The van der Waals surface area contributed by atoms with Crippen molar-refractivity contribution >= 4 is 34.1 Å². The number of fused-ring (bicyclic) bond motifs is 1. The zero-order valence-corrected chi connectivity index (χ0v) is 12.5. The molecule has 0 saturated heterocycles. The van der Waals surface area contributed by atoms with E-state index in [0.29, 0.717) is 5.88 Å². The van der Waals surface area contributed by atoms with Gasteiger partial charge in [0, 0.05) is 12.4 Å². The molecule has 0 atom stereocenters. The van der Waals surface area contributed by atoms with Gasteiger partial charge in [-0.05, 0) is 17.9 Å². The fourth-order valence-corrected chi connectivity index (χ4v) is 3.17. The minimum atomic E-state index is 0.399. The van der Waals surface area contributed by atoms with Crippen molar-refractivity contribution in [3.8, 4) is 5.69 Å². The summed E-state index contributed by atoms with van der Waals surface area (Å²) in [5.74, 6) is 1.27. The number of imidazole rings is 1. The second-order valence-electron chi connectivity index (χ2n) is 4.47. The zero-order valence-electron chi connectivity index (χ0n) is 10.9. The van der Waals surface area contributed by atoms with Gasteiger partial charge in [-0.15, -0.1) is 11.6 Å². The van der Waals surface area contributed by atoms with Gasteiger partial charge in [0.1, 0.15) is 11.3 Å². The highest BCUT2D eigenvalue weighted by Crippen LogP contribution is 2.26. The fraction of sp³-hybridized carbons (Fsp3) is 0.385. The summed E-state index contributed by atoms with van der Waals surface area (Å²) < 4.78 is 4.01. The van der Waals surface area contributed by atoms with Gasteiger partial charge in [0.05, 0.1) is 17.3 Å². The van der Waals surface area contributed by atoms with Crippen molar-refractivity contribution in [1.29, 1.82) is 0 Å². The van der Waals surface area contributed by atoms with E-state index in [0.717, 1.165) is 41.2 Å². The average molecular weight is 295 g/mol. The van der Waals surface area contributed by atoms with Crippen LogP contribution in [0.25, 0.3) is 16.9 Å². The van der Waals surface area contributed by atoms with Crippen molar-refractivity contribution in [3.63, 3.8) is 0 Å². The van der Waals surface area contributed by atoms with E-state index in [2.05, 4.69) is 38.4 Å². The molecule has 0 bridgehead atoms. The second-order valence-corrected chi connectivity index (χ2v) is 5.52. The number of aromatic nitrogens is 4. The highest BCUT2D eigenvalue weighted by atomic mass is 35.5. The van der Waals surface area contributed by atoms with E-state index in [9.17, 15) is 0 Å². The molecule has 0 aromatic carbocycles. The van der Waals surface area contributed by atoms with Crippen molar-refractivity contribution in [2.75, 3.05) is 0 Å². The van der Waals surface area contributed by atoms with Crippen LogP contribution in [0, 0.1) is 0 Å². The molecule has 4 nitrogen and oxygen atoms in total. The topological polar surface area (TPSA) is 35.6 Å². The minimum Gasteiger partial charge on any atom is -0.279 e. The smallest absolute Gasteiger partial charge is 0.163 e. The van der Waals surface area contributed by atoms with Crippen LogP contribution < -0.4 is 0 Å². The fourth-order valence-electron chi connectivity index (χ4n) is 2.38. The first-order chi connectivity index (χ1) is 9.26. The van der Waals surface area contributed by atoms with Crippen molar-refractivity contribution in [1.82, 2.24) is 19.3 Å². The molecular formula is C13H15ClN4S. The Labute approximate surface area is 120 Å². The van der Waals surface area contributed by atoms with E-state index >= 15 is 0 Å². The van der Waals surface area contributed by atoms with Gasteiger partial charge in [-0.25, -0.2) is 9.67 Å². The number of thiophene rings is 1. The number of aryl methyl sites for hydroxylation is 2. The Hall–Kier alpha value is -1.33. The molecule has 0 N–H and O–H groups in total. The van der Waals surface area contributed by atoms with Crippen LogP contribution in [-0.2, 0) is 19.3 Å². The van der Waals surface area contributed by atoms with Crippen LogP contribution in [0.3, 0.4) is 0 Å². The summed E-state index contributed by atoms with van der Waals surface area (Å²) in [5.41, 5.74) is 4.17. The molecule has 0 aliphatic carbocycles. The van der Waals surface area contributed by atoms with Gasteiger partial charge in [-0.1, -0.05) is 13.3 Å². The summed E-state index contributed by atoms with van der Waals surface area (Å²) in [7, 11) is 1.96. The predicted molar refractivity (Wildman–Crippen MR) is 79.3 cm³/mol. The third kappa shape index (κ3) is 1.97.